The van der Waals surface area contributed by atoms with E-state index >= 15 is 0 Å². The Morgan fingerprint density at radius 3 is 1.27 bits per heavy atom. The zero-order valence-corrected chi connectivity index (χ0v) is 18.9. The van der Waals surface area contributed by atoms with Crippen molar-refractivity contribution >= 4 is 42.4 Å². The van der Waals surface area contributed by atoms with E-state index in [1.54, 1.807) is 0 Å². The molecule has 0 aliphatic heterocycles. The number of azide groups is 2. The standard InChI is InChI=1S/C10H6N6O6S2.2Na/c11-15-13-9-4-6(24(20,21)22)2-8-7(9)1-5(23(17,18)19)3-10(8)14-16-12;;/h1-4H,(H,17,18,19)(H,20,21,22);;/q;2*+1/p-2. The molecule has 2 rings (SSSR count). The average Bonchev–Trinajstić information content (AvgIpc) is 2.46. The van der Waals surface area contributed by atoms with Gasteiger partial charge in [-0.05, 0) is 46.1 Å². The Kier molecular flexibility index (Phi) is 9.06. The van der Waals surface area contributed by atoms with Crippen LogP contribution in [0.15, 0.2) is 44.3 Å². The first-order valence-electron chi connectivity index (χ1n) is 5.71. The van der Waals surface area contributed by atoms with Gasteiger partial charge in [0.2, 0.25) is 0 Å². The van der Waals surface area contributed by atoms with Gasteiger partial charge in [-0.2, -0.15) is 0 Å². The fourth-order valence-corrected chi connectivity index (χ4v) is 2.96. The molecule has 2 aromatic rings. The van der Waals surface area contributed by atoms with E-state index in [0.717, 1.165) is 12.1 Å². The summed E-state index contributed by atoms with van der Waals surface area (Å²) in [4.78, 5) is 3.31. The van der Waals surface area contributed by atoms with Crippen molar-refractivity contribution in [2.45, 2.75) is 9.79 Å². The number of hydrogen-bond donors (Lipinski definition) is 0. The molecule has 0 N–H and O–H groups in total. The minimum Gasteiger partial charge on any atom is -0.744 e. The van der Waals surface area contributed by atoms with Gasteiger partial charge in [-0.25, -0.2) is 16.8 Å². The Morgan fingerprint density at radius 1 is 0.731 bits per heavy atom. The summed E-state index contributed by atoms with van der Waals surface area (Å²) < 4.78 is 67.1. The summed E-state index contributed by atoms with van der Waals surface area (Å²) >= 11 is 0. The fourth-order valence-electron chi connectivity index (χ4n) is 1.92. The monoisotopic (exact) mass is 414 g/mol. The summed E-state index contributed by atoms with van der Waals surface area (Å²) in [7, 11) is -9.91. The van der Waals surface area contributed by atoms with Gasteiger partial charge in [0.15, 0.2) is 0 Å². The van der Waals surface area contributed by atoms with Crippen molar-refractivity contribution < 1.29 is 85.1 Å². The summed E-state index contributed by atoms with van der Waals surface area (Å²) in [6.45, 7) is 0. The molecule has 124 valence electrons. The molecule has 16 heteroatoms. The molecular weight excluding hydrogens is 410 g/mol. The molecule has 12 nitrogen and oxygen atoms in total. The van der Waals surface area contributed by atoms with Crippen LogP contribution in [0.2, 0.25) is 0 Å². The van der Waals surface area contributed by atoms with Crippen LogP contribution >= 0.6 is 0 Å². The zero-order valence-electron chi connectivity index (χ0n) is 13.3. The van der Waals surface area contributed by atoms with Crippen LogP contribution in [0.25, 0.3) is 31.7 Å². The van der Waals surface area contributed by atoms with Crippen LogP contribution in [0.4, 0.5) is 11.4 Å². The van der Waals surface area contributed by atoms with Gasteiger partial charge in [-0.3, -0.25) is 0 Å². The molecule has 0 aliphatic carbocycles. The molecule has 0 aliphatic rings. The second-order valence-electron chi connectivity index (χ2n) is 4.27. The van der Waals surface area contributed by atoms with Crippen molar-refractivity contribution in [3.8, 4) is 0 Å². The molecule has 26 heavy (non-hydrogen) atoms. The van der Waals surface area contributed by atoms with Crippen LogP contribution in [-0.4, -0.2) is 25.9 Å². The van der Waals surface area contributed by atoms with E-state index in [9.17, 15) is 25.9 Å². The molecule has 0 saturated heterocycles. The van der Waals surface area contributed by atoms with Crippen molar-refractivity contribution in [2.75, 3.05) is 0 Å². The summed E-state index contributed by atoms with van der Waals surface area (Å²) in [5.74, 6) is 0. The van der Waals surface area contributed by atoms with Crippen LogP contribution in [0, 0.1) is 0 Å². The van der Waals surface area contributed by atoms with E-state index in [0.29, 0.717) is 12.1 Å². The first kappa shape index (κ1) is 25.1. The third-order valence-electron chi connectivity index (χ3n) is 2.86. The predicted molar refractivity (Wildman–Crippen MR) is 77.5 cm³/mol. The summed E-state index contributed by atoms with van der Waals surface area (Å²) in [5, 5.41) is 6.00. The largest absolute Gasteiger partial charge is 1.00 e. The molecule has 0 radical (unpaired) electrons. The van der Waals surface area contributed by atoms with Crippen molar-refractivity contribution in [1.82, 2.24) is 0 Å². The van der Waals surface area contributed by atoms with Crippen LogP contribution < -0.4 is 59.1 Å². The fraction of sp³-hybridized carbons (Fsp3) is 0. The first-order valence-corrected chi connectivity index (χ1v) is 8.53. The van der Waals surface area contributed by atoms with Gasteiger partial charge in [0.25, 0.3) is 0 Å². The Morgan fingerprint density at radius 2 is 1.04 bits per heavy atom. The maximum absolute atomic E-state index is 11.2. The molecule has 0 atom stereocenters. The summed E-state index contributed by atoms with van der Waals surface area (Å²) in [6, 6.07) is 3.06. The Labute approximate surface area is 190 Å². The third kappa shape index (κ3) is 5.57. The van der Waals surface area contributed by atoms with Crippen molar-refractivity contribution in [3.63, 3.8) is 0 Å². The van der Waals surface area contributed by atoms with Crippen molar-refractivity contribution in [2.24, 2.45) is 10.2 Å². The quantitative estimate of drug-likeness (QED) is 0.163. The average molecular weight is 414 g/mol. The Bertz CT molecular complexity index is 1080. The first-order chi connectivity index (χ1) is 11.1. The molecule has 0 unspecified atom stereocenters. The molecule has 2 aromatic carbocycles. The van der Waals surface area contributed by atoms with Gasteiger partial charge >= 0.3 is 59.1 Å². The third-order valence-corrected chi connectivity index (χ3v) is 4.48. The maximum atomic E-state index is 11.2. The van der Waals surface area contributed by atoms with Gasteiger partial charge in [0.1, 0.15) is 20.2 Å². The maximum Gasteiger partial charge on any atom is 1.00 e. The molecule has 0 saturated carbocycles. The molecule has 0 amide bonds. The molecule has 0 fully saturated rings. The Balaban J connectivity index is 0.00000312. The van der Waals surface area contributed by atoms with E-state index in [1.165, 1.54) is 0 Å². The minimum absolute atomic E-state index is 0. The van der Waals surface area contributed by atoms with E-state index in [-0.39, 0.29) is 69.9 Å². The van der Waals surface area contributed by atoms with E-state index in [1.807, 2.05) is 0 Å². The van der Waals surface area contributed by atoms with Crippen LogP contribution in [0.3, 0.4) is 0 Å². The van der Waals surface area contributed by atoms with Crippen LogP contribution in [-0.2, 0) is 20.2 Å². The molecular formula is C10H4N6Na2O6S2. The van der Waals surface area contributed by atoms with E-state index in [4.69, 9.17) is 11.1 Å². The second-order valence-corrected chi connectivity index (χ2v) is 7.03. The zero-order chi connectivity index (χ0) is 18.1. The van der Waals surface area contributed by atoms with Gasteiger partial charge in [0.05, 0.1) is 9.79 Å². The normalized spacial score (nSPS) is 10.7. The molecule has 0 aromatic heterocycles. The van der Waals surface area contributed by atoms with Crippen molar-refractivity contribution in [1.29, 1.82) is 0 Å². The summed E-state index contributed by atoms with van der Waals surface area (Å²) in [5.41, 5.74) is 16.2. The van der Waals surface area contributed by atoms with Gasteiger partial charge < -0.3 is 9.11 Å². The number of benzene rings is 2. The molecule has 0 heterocycles. The number of rotatable bonds is 4. The van der Waals surface area contributed by atoms with Crippen LogP contribution in [0.5, 0.6) is 0 Å². The van der Waals surface area contributed by atoms with E-state index < -0.39 is 41.4 Å². The number of hydrogen-bond acceptors (Lipinski definition) is 8. The summed E-state index contributed by atoms with van der Waals surface area (Å²) in [6.07, 6.45) is 0. The van der Waals surface area contributed by atoms with Gasteiger partial charge in [-0.1, -0.05) is 10.2 Å². The topological polar surface area (TPSA) is 212 Å². The predicted octanol–water partition coefficient (Wildman–Crippen LogP) is -3.46. The number of fused-ring (bicyclic) bond motifs is 1. The van der Waals surface area contributed by atoms with E-state index in [2.05, 4.69) is 20.1 Å². The Hall–Kier alpha value is -0.860. The molecule has 0 bridgehead atoms. The SMILES string of the molecule is [N-]=[N+]=Nc1cc(S(=O)(=O)[O-])cc2c(N=[N+]=[N-])cc(S(=O)(=O)[O-])cc12.[Na+].[Na+]. The second kappa shape index (κ2) is 9.37. The smallest absolute Gasteiger partial charge is 0.744 e. The van der Waals surface area contributed by atoms with Gasteiger partial charge in [-0.15, -0.1) is 0 Å². The number of nitrogens with zero attached hydrogens (tertiary/aromatic N) is 6. The minimum atomic E-state index is -4.95. The molecule has 0 spiro atoms. The van der Waals surface area contributed by atoms with Crippen LogP contribution in [0.1, 0.15) is 0 Å². The van der Waals surface area contributed by atoms with Crippen molar-refractivity contribution in [3.05, 3.63) is 45.2 Å². The van der Waals surface area contributed by atoms with Gasteiger partial charge in [0, 0.05) is 21.2 Å².